The first-order valence-electron chi connectivity index (χ1n) is 12.8. The van der Waals surface area contributed by atoms with Gasteiger partial charge in [-0.15, -0.1) is 0 Å². The summed E-state index contributed by atoms with van der Waals surface area (Å²) in [5.74, 6) is 2.56. The Morgan fingerprint density at radius 3 is 2.42 bits per heavy atom. The topological polar surface area (TPSA) is 71.3 Å². The number of morpholine rings is 1. The van der Waals surface area contributed by atoms with Crippen LogP contribution in [0.1, 0.15) is 37.9 Å². The number of fused-ring (bicyclic) bond motifs is 1. The van der Waals surface area contributed by atoms with E-state index in [4.69, 9.17) is 14.7 Å². The molecule has 1 aliphatic heterocycles. The Morgan fingerprint density at radius 2 is 1.69 bits per heavy atom. The van der Waals surface area contributed by atoms with Crippen LogP contribution in [0, 0.1) is 11.8 Å². The van der Waals surface area contributed by atoms with E-state index in [0.717, 1.165) is 19.0 Å². The minimum absolute atomic E-state index is 0.312. The lowest BCUT2D eigenvalue weighted by atomic mass is 9.82. The maximum absolute atomic E-state index is 14.0. The summed E-state index contributed by atoms with van der Waals surface area (Å²) in [6.45, 7) is 4.51. The van der Waals surface area contributed by atoms with Crippen molar-refractivity contribution in [1.29, 1.82) is 0 Å². The molecule has 2 fully saturated rings. The molecule has 0 radical (unpaired) electrons. The van der Waals surface area contributed by atoms with Crippen molar-refractivity contribution in [1.82, 2.24) is 24.4 Å². The van der Waals surface area contributed by atoms with E-state index in [0.29, 0.717) is 60.8 Å². The highest BCUT2D eigenvalue weighted by molar-refractivity contribution is 5.78. The Kier molecular flexibility index (Phi) is 7.62. The molecule has 3 heterocycles. The number of nitrogens with one attached hydrogen (secondary N) is 1. The van der Waals surface area contributed by atoms with Gasteiger partial charge in [-0.3, -0.25) is 4.57 Å². The van der Waals surface area contributed by atoms with Crippen LogP contribution in [0.5, 0.6) is 0 Å². The highest BCUT2D eigenvalue weighted by Gasteiger charge is 2.25. The van der Waals surface area contributed by atoms with Gasteiger partial charge in [-0.1, -0.05) is 12.1 Å². The number of alkyl halides is 2. The smallest absolute Gasteiger partial charge is 0.296 e. The lowest BCUT2D eigenvalue weighted by Gasteiger charge is -2.30. The highest BCUT2D eigenvalue weighted by atomic mass is 19.3. The monoisotopic (exact) mass is 499 g/mol. The quantitative estimate of drug-likeness (QED) is 0.494. The number of halogens is 2. The van der Waals surface area contributed by atoms with Gasteiger partial charge in [-0.2, -0.15) is 9.97 Å². The maximum atomic E-state index is 14.0. The van der Waals surface area contributed by atoms with Crippen LogP contribution in [0.4, 0.5) is 20.5 Å². The minimum Gasteiger partial charge on any atom is -0.378 e. The fourth-order valence-corrected chi connectivity index (χ4v) is 5.37. The van der Waals surface area contributed by atoms with Crippen molar-refractivity contribution in [3.63, 3.8) is 0 Å². The number of anilines is 2. The van der Waals surface area contributed by atoms with E-state index in [-0.39, 0.29) is 5.82 Å². The minimum atomic E-state index is -2.73. The largest absolute Gasteiger partial charge is 0.378 e. The second-order valence-corrected chi connectivity index (χ2v) is 10.1. The zero-order chi connectivity index (χ0) is 25.1. The van der Waals surface area contributed by atoms with Crippen LogP contribution >= 0.6 is 0 Å². The highest BCUT2D eigenvalue weighted by Crippen LogP contribution is 2.31. The van der Waals surface area contributed by atoms with E-state index in [1.54, 1.807) is 24.3 Å². The van der Waals surface area contributed by atoms with Gasteiger partial charge in [0.15, 0.2) is 5.82 Å². The van der Waals surface area contributed by atoms with Crippen molar-refractivity contribution >= 4 is 22.8 Å². The molecule has 10 heteroatoms. The number of hydrogen-bond donors (Lipinski definition) is 1. The van der Waals surface area contributed by atoms with Crippen LogP contribution in [0.2, 0.25) is 0 Å². The summed E-state index contributed by atoms with van der Waals surface area (Å²) in [6, 6.07) is 8.94. The van der Waals surface area contributed by atoms with Crippen molar-refractivity contribution < 1.29 is 13.5 Å². The summed E-state index contributed by atoms with van der Waals surface area (Å²) in [6.07, 6.45) is 2.06. The zero-order valence-electron chi connectivity index (χ0n) is 21.0. The predicted molar refractivity (Wildman–Crippen MR) is 137 cm³/mol. The van der Waals surface area contributed by atoms with Crippen LogP contribution in [0.25, 0.3) is 16.9 Å². The molecule has 1 aliphatic carbocycles. The molecular weight excluding hydrogens is 464 g/mol. The molecule has 0 unspecified atom stereocenters. The van der Waals surface area contributed by atoms with Crippen molar-refractivity contribution in [2.45, 2.75) is 32.1 Å². The molecule has 3 aromatic rings. The number of benzene rings is 1. The summed E-state index contributed by atoms with van der Waals surface area (Å²) in [5.41, 5.74) is 1.12. The van der Waals surface area contributed by atoms with Gasteiger partial charge < -0.3 is 19.9 Å². The Morgan fingerprint density at radius 1 is 1.00 bits per heavy atom. The third-order valence-corrected chi connectivity index (χ3v) is 7.18. The molecule has 1 N–H and O–H groups in total. The van der Waals surface area contributed by atoms with E-state index in [2.05, 4.69) is 34.2 Å². The molecule has 1 aromatic carbocycles. The standard InChI is InChI=1S/C26H35F2N7O/c1-33(2)17-19-9-7-18(8-10-19)16-29-26-31-22(34-11-13-36-14-12-34)15-23(32-26)35-21-6-4-3-5-20(21)30-25(35)24(27)28/h3-6,15,18-19,24H,7-14,16-17H2,1-2H3,(H,29,31,32). The number of ether oxygens (including phenoxy) is 1. The second-order valence-electron chi connectivity index (χ2n) is 10.1. The van der Waals surface area contributed by atoms with Crippen molar-refractivity contribution in [3.05, 3.63) is 36.2 Å². The fraction of sp³-hybridized carbons (Fsp3) is 0.577. The van der Waals surface area contributed by atoms with Gasteiger partial charge in [0.25, 0.3) is 6.43 Å². The van der Waals surface area contributed by atoms with Gasteiger partial charge in [-0.05, 0) is 63.7 Å². The molecule has 2 aliphatic rings. The summed E-state index contributed by atoms with van der Waals surface area (Å²) in [7, 11) is 4.26. The van der Waals surface area contributed by atoms with Crippen LogP contribution < -0.4 is 10.2 Å². The Hall–Kier alpha value is -2.85. The molecule has 36 heavy (non-hydrogen) atoms. The fourth-order valence-electron chi connectivity index (χ4n) is 5.37. The SMILES string of the molecule is CN(C)CC1CCC(CNc2nc(N3CCOCC3)cc(-n3c(C(F)F)nc4ccccc43)n2)CC1. The Bertz CT molecular complexity index is 1150. The van der Waals surface area contributed by atoms with Crippen LogP contribution in [0.15, 0.2) is 30.3 Å². The van der Waals surface area contributed by atoms with Crippen molar-refractivity contribution in [2.24, 2.45) is 11.8 Å². The summed E-state index contributed by atoms with van der Waals surface area (Å²) in [5, 5.41) is 3.44. The molecule has 0 spiro atoms. The lowest BCUT2D eigenvalue weighted by Crippen LogP contribution is -2.37. The maximum Gasteiger partial charge on any atom is 0.296 e. The number of hydrogen-bond acceptors (Lipinski definition) is 7. The molecule has 2 aromatic heterocycles. The Balaban J connectivity index is 1.42. The van der Waals surface area contributed by atoms with Gasteiger partial charge in [0, 0.05) is 32.2 Å². The molecule has 194 valence electrons. The normalized spacial score (nSPS) is 21.0. The average Bonchev–Trinajstić information content (AvgIpc) is 3.29. The molecule has 0 bridgehead atoms. The van der Waals surface area contributed by atoms with Gasteiger partial charge >= 0.3 is 0 Å². The van der Waals surface area contributed by atoms with Crippen molar-refractivity contribution in [2.75, 3.05) is 63.7 Å². The lowest BCUT2D eigenvalue weighted by molar-refractivity contribution is 0.122. The summed E-state index contributed by atoms with van der Waals surface area (Å²) in [4.78, 5) is 18.1. The first kappa shape index (κ1) is 24.8. The van der Waals surface area contributed by atoms with E-state index >= 15 is 0 Å². The van der Waals surface area contributed by atoms with E-state index < -0.39 is 6.43 Å². The molecule has 0 amide bonds. The van der Waals surface area contributed by atoms with Crippen molar-refractivity contribution in [3.8, 4) is 5.82 Å². The summed E-state index contributed by atoms with van der Waals surface area (Å²) < 4.78 is 35.0. The predicted octanol–water partition coefficient (Wildman–Crippen LogP) is 4.37. The molecule has 0 atom stereocenters. The van der Waals surface area contributed by atoms with Crippen LogP contribution in [0.3, 0.4) is 0 Å². The zero-order valence-corrected chi connectivity index (χ0v) is 21.0. The number of para-hydroxylation sites is 2. The molecule has 1 saturated carbocycles. The van der Waals surface area contributed by atoms with E-state index in [1.165, 1.54) is 30.3 Å². The third-order valence-electron chi connectivity index (χ3n) is 7.18. The molecule has 5 rings (SSSR count). The Labute approximate surface area is 210 Å². The van der Waals surface area contributed by atoms with Gasteiger partial charge in [0.1, 0.15) is 11.6 Å². The number of nitrogens with zero attached hydrogens (tertiary/aromatic N) is 6. The average molecular weight is 500 g/mol. The van der Waals surface area contributed by atoms with Crippen LogP contribution in [-0.4, -0.2) is 77.9 Å². The van der Waals surface area contributed by atoms with Gasteiger partial charge in [0.05, 0.1) is 24.2 Å². The number of aromatic nitrogens is 4. The molecule has 8 nitrogen and oxygen atoms in total. The second kappa shape index (κ2) is 11.0. The third kappa shape index (κ3) is 5.59. The number of imidazole rings is 1. The molecule has 1 saturated heterocycles. The molecular formula is C26H35F2N7O. The number of rotatable bonds is 8. The van der Waals surface area contributed by atoms with Gasteiger partial charge in [-0.25, -0.2) is 13.8 Å². The van der Waals surface area contributed by atoms with Crippen LogP contribution in [-0.2, 0) is 4.74 Å². The summed E-state index contributed by atoms with van der Waals surface area (Å²) >= 11 is 0. The van der Waals surface area contributed by atoms with E-state index in [1.807, 2.05) is 6.07 Å². The van der Waals surface area contributed by atoms with Gasteiger partial charge in [0.2, 0.25) is 5.95 Å². The first-order chi connectivity index (χ1) is 17.5. The van der Waals surface area contributed by atoms with E-state index in [9.17, 15) is 8.78 Å². The first-order valence-corrected chi connectivity index (χ1v) is 12.8.